The Morgan fingerprint density at radius 1 is 1.32 bits per heavy atom. The minimum Gasteiger partial charge on any atom is -0.379 e. The molecule has 0 aliphatic heterocycles. The number of carbonyl (C=O) groups is 1. The van der Waals surface area contributed by atoms with Crippen LogP contribution in [0.4, 0.5) is 0 Å². The van der Waals surface area contributed by atoms with Gasteiger partial charge in [0, 0.05) is 19.6 Å². The molecule has 4 heteroatoms. The van der Waals surface area contributed by atoms with E-state index in [1.807, 2.05) is 13.8 Å². The number of hydrogen-bond donors (Lipinski definition) is 2. The van der Waals surface area contributed by atoms with Gasteiger partial charge in [0.1, 0.15) is 0 Å². The van der Waals surface area contributed by atoms with Crippen molar-refractivity contribution in [2.75, 3.05) is 19.7 Å². The summed E-state index contributed by atoms with van der Waals surface area (Å²) in [5, 5.41) is 2.99. The second-order valence-electron chi connectivity index (χ2n) is 6.06. The monoisotopic (exact) mass is 270 g/mol. The van der Waals surface area contributed by atoms with E-state index in [1.165, 1.54) is 19.3 Å². The molecule has 0 spiro atoms. The molecule has 112 valence electrons. The third-order valence-corrected chi connectivity index (χ3v) is 3.98. The fraction of sp³-hybridized carbons (Fsp3) is 0.933. The molecule has 19 heavy (non-hydrogen) atoms. The van der Waals surface area contributed by atoms with Crippen LogP contribution < -0.4 is 11.1 Å². The van der Waals surface area contributed by atoms with Gasteiger partial charge in [-0.2, -0.15) is 0 Å². The number of rotatable bonds is 8. The van der Waals surface area contributed by atoms with Gasteiger partial charge in [-0.3, -0.25) is 4.79 Å². The van der Waals surface area contributed by atoms with E-state index in [9.17, 15) is 4.79 Å². The van der Waals surface area contributed by atoms with E-state index in [1.54, 1.807) is 0 Å². The number of amides is 1. The Labute approximate surface area is 117 Å². The molecule has 1 saturated carbocycles. The molecule has 1 aliphatic carbocycles. The minimum atomic E-state index is 0.0662. The Morgan fingerprint density at radius 2 is 2.00 bits per heavy atom. The fourth-order valence-corrected chi connectivity index (χ4v) is 2.78. The van der Waals surface area contributed by atoms with Gasteiger partial charge in [-0.15, -0.1) is 0 Å². The van der Waals surface area contributed by atoms with E-state index in [0.29, 0.717) is 26.1 Å². The largest absolute Gasteiger partial charge is 0.379 e. The van der Waals surface area contributed by atoms with Crippen molar-refractivity contribution in [3.63, 3.8) is 0 Å². The summed E-state index contributed by atoms with van der Waals surface area (Å²) in [6, 6.07) is 0. The lowest BCUT2D eigenvalue weighted by Gasteiger charge is -2.35. The van der Waals surface area contributed by atoms with Gasteiger partial charge in [-0.1, -0.05) is 19.3 Å². The molecule has 0 unspecified atom stereocenters. The summed E-state index contributed by atoms with van der Waals surface area (Å²) in [5.41, 5.74) is 5.96. The second kappa shape index (κ2) is 8.54. The number of nitrogens with two attached hydrogens (primary N) is 1. The molecule has 0 aromatic carbocycles. The Balaban J connectivity index is 2.18. The predicted octanol–water partition coefficient (Wildman–Crippen LogP) is 2.22. The lowest BCUT2D eigenvalue weighted by Crippen LogP contribution is -2.39. The number of hydrogen-bond acceptors (Lipinski definition) is 3. The molecular formula is C15H30N2O2. The van der Waals surface area contributed by atoms with Crippen LogP contribution in [0.3, 0.4) is 0 Å². The molecule has 1 rings (SSSR count). The smallest absolute Gasteiger partial charge is 0.220 e. The van der Waals surface area contributed by atoms with E-state index in [4.69, 9.17) is 10.5 Å². The van der Waals surface area contributed by atoms with Crippen molar-refractivity contribution in [1.29, 1.82) is 0 Å². The second-order valence-corrected chi connectivity index (χ2v) is 6.06. The lowest BCUT2D eigenvalue weighted by molar-refractivity contribution is -0.123. The first kappa shape index (κ1) is 16.4. The van der Waals surface area contributed by atoms with Crippen molar-refractivity contribution in [3.05, 3.63) is 0 Å². The van der Waals surface area contributed by atoms with Crippen molar-refractivity contribution < 1.29 is 9.53 Å². The molecule has 1 fully saturated rings. The highest BCUT2D eigenvalue weighted by Gasteiger charge is 2.32. The van der Waals surface area contributed by atoms with Crippen molar-refractivity contribution in [2.45, 2.75) is 64.9 Å². The minimum absolute atomic E-state index is 0.0662. The molecule has 0 saturated heterocycles. The highest BCUT2D eigenvalue weighted by Crippen LogP contribution is 2.38. The zero-order valence-electron chi connectivity index (χ0n) is 12.5. The predicted molar refractivity (Wildman–Crippen MR) is 77.9 cm³/mol. The number of ether oxygens (including phenoxy) is 1. The maximum atomic E-state index is 12.0. The molecular weight excluding hydrogens is 240 g/mol. The van der Waals surface area contributed by atoms with Crippen molar-refractivity contribution in [2.24, 2.45) is 11.1 Å². The maximum absolute atomic E-state index is 12.0. The molecule has 0 aromatic heterocycles. The summed E-state index contributed by atoms with van der Waals surface area (Å²) in [7, 11) is 0. The van der Waals surface area contributed by atoms with E-state index in [2.05, 4.69) is 5.32 Å². The van der Waals surface area contributed by atoms with Gasteiger partial charge < -0.3 is 15.8 Å². The van der Waals surface area contributed by atoms with Crippen LogP contribution in [0.25, 0.3) is 0 Å². The van der Waals surface area contributed by atoms with E-state index in [-0.39, 0.29) is 17.4 Å². The van der Waals surface area contributed by atoms with Crippen LogP contribution in [0.15, 0.2) is 0 Å². The van der Waals surface area contributed by atoms with Gasteiger partial charge in [-0.05, 0) is 45.1 Å². The average molecular weight is 270 g/mol. The van der Waals surface area contributed by atoms with Crippen LogP contribution in [-0.4, -0.2) is 31.7 Å². The molecule has 0 radical (unpaired) electrons. The topological polar surface area (TPSA) is 64.3 Å². The standard InChI is InChI=1S/C15H30N2O2/c1-13(2)19-10-6-9-17-14(18)11-15(12-16)7-4-3-5-8-15/h13H,3-12,16H2,1-2H3,(H,17,18). The van der Waals surface area contributed by atoms with Crippen LogP contribution in [0, 0.1) is 5.41 Å². The quantitative estimate of drug-likeness (QED) is 0.665. The van der Waals surface area contributed by atoms with Crippen molar-refractivity contribution >= 4 is 5.91 Å². The van der Waals surface area contributed by atoms with Gasteiger partial charge in [-0.25, -0.2) is 0 Å². The van der Waals surface area contributed by atoms with E-state index >= 15 is 0 Å². The Morgan fingerprint density at radius 3 is 2.58 bits per heavy atom. The zero-order valence-corrected chi connectivity index (χ0v) is 12.5. The molecule has 1 aliphatic rings. The highest BCUT2D eigenvalue weighted by atomic mass is 16.5. The van der Waals surface area contributed by atoms with E-state index in [0.717, 1.165) is 19.3 Å². The zero-order chi connectivity index (χ0) is 14.1. The van der Waals surface area contributed by atoms with Crippen LogP contribution >= 0.6 is 0 Å². The molecule has 1 amide bonds. The third kappa shape index (κ3) is 6.39. The van der Waals surface area contributed by atoms with Crippen LogP contribution in [-0.2, 0) is 9.53 Å². The Kier molecular flexibility index (Phi) is 7.39. The first-order valence-electron chi connectivity index (χ1n) is 7.66. The molecule has 3 N–H and O–H groups in total. The summed E-state index contributed by atoms with van der Waals surface area (Å²) < 4.78 is 5.44. The molecule has 0 atom stereocenters. The van der Waals surface area contributed by atoms with Gasteiger partial charge in [0.15, 0.2) is 0 Å². The van der Waals surface area contributed by atoms with Gasteiger partial charge in [0.2, 0.25) is 5.91 Å². The summed E-state index contributed by atoms with van der Waals surface area (Å²) in [4.78, 5) is 12.0. The molecule has 4 nitrogen and oxygen atoms in total. The highest BCUT2D eigenvalue weighted by molar-refractivity contribution is 5.76. The van der Waals surface area contributed by atoms with E-state index < -0.39 is 0 Å². The SMILES string of the molecule is CC(C)OCCCNC(=O)CC1(CN)CCCCC1. The van der Waals surface area contributed by atoms with Crippen LogP contribution in [0.1, 0.15) is 58.8 Å². The summed E-state index contributed by atoms with van der Waals surface area (Å²) in [6.07, 6.45) is 7.66. The number of nitrogens with one attached hydrogen (secondary N) is 1. The van der Waals surface area contributed by atoms with Gasteiger partial charge >= 0.3 is 0 Å². The maximum Gasteiger partial charge on any atom is 0.220 e. The normalized spacial score (nSPS) is 18.5. The van der Waals surface area contributed by atoms with Crippen LogP contribution in [0.5, 0.6) is 0 Å². The Hall–Kier alpha value is -0.610. The third-order valence-electron chi connectivity index (χ3n) is 3.98. The first-order valence-corrected chi connectivity index (χ1v) is 7.66. The fourth-order valence-electron chi connectivity index (χ4n) is 2.78. The molecule has 0 aromatic rings. The first-order chi connectivity index (χ1) is 9.08. The molecule has 0 heterocycles. The summed E-state index contributed by atoms with van der Waals surface area (Å²) in [6.45, 7) is 6.09. The van der Waals surface area contributed by atoms with Crippen molar-refractivity contribution in [3.8, 4) is 0 Å². The van der Waals surface area contributed by atoms with Gasteiger partial charge in [0.05, 0.1) is 6.10 Å². The number of carbonyl (C=O) groups excluding carboxylic acids is 1. The molecule has 0 bridgehead atoms. The Bertz CT molecular complexity index is 261. The summed E-state index contributed by atoms with van der Waals surface area (Å²) >= 11 is 0. The van der Waals surface area contributed by atoms with Crippen molar-refractivity contribution in [1.82, 2.24) is 5.32 Å². The lowest BCUT2D eigenvalue weighted by atomic mass is 9.71. The summed E-state index contributed by atoms with van der Waals surface area (Å²) in [5.74, 6) is 0.150. The average Bonchev–Trinajstić information content (AvgIpc) is 2.39. The van der Waals surface area contributed by atoms with Gasteiger partial charge in [0.25, 0.3) is 0 Å². The van der Waals surface area contributed by atoms with Crippen LogP contribution in [0.2, 0.25) is 0 Å².